The lowest BCUT2D eigenvalue weighted by Crippen LogP contribution is -2.13. The third-order valence-corrected chi connectivity index (χ3v) is 4.10. The summed E-state index contributed by atoms with van der Waals surface area (Å²) in [4.78, 5) is -0.0400. The van der Waals surface area contributed by atoms with Gasteiger partial charge >= 0.3 is 0 Å². The van der Waals surface area contributed by atoms with Crippen LogP contribution in [0.1, 0.15) is 0 Å². The maximum absolute atomic E-state index is 12.8. The number of hydrogen-bond acceptors (Lipinski definition) is 3. The van der Waals surface area contributed by atoms with Crippen molar-refractivity contribution in [2.75, 3.05) is 10.5 Å². The monoisotopic (exact) mass is 300 g/mol. The Labute approximate surface area is 115 Å². The molecule has 0 aliphatic carbocycles. The van der Waals surface area contributed by atoms with Crippen molar-refractivity contribution < 1.29 is 12.8 Å². The van der Waals surface area contributed by atoms with Crippen LogP contribution in [0.2, 0.25) is 5.02 Å². The van der Waals surface area contributed by atoms with Crippen LogP contribution in [-0.4, -0.2) is 8.42 Å². The Morgan fingerprint density at radius 3 is 2.32 bits per heavy atom. The Balaban J connectivity index is 2.30. The summed E-state index contributed by atoms with van der Waals surface area (Å²) < 4.78 is 39.1. The number of nitrogens with one attached hydrogen (secondary N) is 1. The summed E-state index contributed by atoms with van der Waals surface area (Å²) in [6.45, 7) is 0. The van der Waals surface area contributed by atoms with E-state index in [1.165, 1.54) is 30.3 Å². The third-order valence-electron chi connectivity index (χ3n) is 2.38. The zero-order valence-corrected chi connectivity index (χ0v) is 11.2. The van der Waals surface area contributed by atoms with Gasteiger partial charge in [-0.3, -0.25) is 4.72 Å². The first-order valence-corrected chi connectivity index (χ1v) is 7.08. The molecule has 0 aliphatic rings. The summed E-state index contributed by atoms with van der Waals surface area (Å²) in [6, 6.07) is 8.88. The zero-order valence-electron chi connectivity index (χ0n) is 9.60. The molecule has 2 aromatic rings. The Kier molecular flexibility index (Phi) is 3.64. The molecule has 0 aliphatic heterocycles. The van der Waals surface area contributed by atoms with E-state index in [-0.39, 0.29) is 15.6 Å². The summed E-state index contributed by atoms with van der Waals surface area (Å²) in [5, 5.41) is 0.249. The van der Waals surface area contributed by atoms with Gasteiger partial charge in [0.05, 0.1) is 21.3 Å². The minimum absolute atomic E-state index is 0.0400. The van der Waals surface area contributed by atoms with Gasteiger partial charge in [0.2, 0.25) is 0 Å². The van der Waals surface area contributed by atoms with Gasteiger partial charge in [-0.25, -0.2) is 12.8 Å². The highest BCUT2D eigenvalue weighted by Gasteiger charge is 2.14. The first-order chi connectivity index (χ1) is 8.88. The molecule has 0 heterocycles. The Hall–Kier alpha value is -1.79. The van der Waals surface area contributed by atoms with Crippen LogP contribution in [0.15, 0.2) is 47.4 Å². The van der Waals surface area contributed by atoms with Gasteiger partial charge in [-0.05, 0) is 42.5 Å². The highest BCUT2D eigenvalue weighted by molar-refractivity contribution is 7.92. The predicted octanol–water partition coefficient (Wildman–Crippen LogP) is 2.86. The maximum atomic E-state index is 12.8. The lowest BCUT2D eigenvalue weighted by Gasteiger charge is -2.09. The zero-order chi connectivity index (χ0) is 14.0. The molecule has 0 atom stereocenters. The SMILES string of the molecule is Nc1ccc(NS(=O)(=O)c2ccc(F)cc2)cc1Cl. The normalized spacial score (nSPS) is 11.3. The summed E-state index contributed by atoms with van der Waals surface area (Å²) in [5.41, 5.74) is 6.16. The Bertz CT molecular complexity index is 702. The number of nitrogens with two attached hydrogens (primary N) is 1. The van der Waals surface area contributed by atoms with Crippen LogP contribution in [0.25, 0.3) is 0 Å². The van der Waals surface area contributed by atoms with Crippen molar-refractivity contribution in [3.05, 3.63) is 53.3 Å². The predicted molar refractivity (Wildman–Crippen MR) is 73.1 cm³/mol. The van der Waals surface area contributed by atoms with E-state index in [0.717, 1.165) is 12.1 Å². The summed E-state index contributed by atoms with van der Waals surface area (Å²) >= 11 is 5.80. The molecule has 100 valence electrons. The van der Waals surface area contributed by atoms with Gasteiger partial charge in [-0.15, -0.1) is 0 Å². The maximum Gasteiger partial charge on any atom is 0.261 e. The average Bonchev–Trinajstić information content (AvgIpc) is 2.34. The smallest absolute Gasteiger partial charge is 0.261 e. The highest BCUT2D eigenvalue weighted by Crippen LogP contribution is 2.24. The molecule has 2 rings (SSSR count). The van der Waals surface area contributed by atoms with Crippen molar-refractivity contribution in [2.45, 2.75) is 4.90 Å². The number of halogens is 2. The molecule has 0 saturated heterocycles. The topological polar surface area (TPSA) is 72.2 Å². The lowest BCUT2D eigenvalue weighted by molar-refractivity contribution is 0.599. The van der Waals surface area contributed by atoms with Crippen LogP contribution >= 0.6 is 11.6 Å². The van der Waals surface area contributed by atoms with Crippen molar-refractivity contribution in [1.29, 1.82) is 0 Å². The quantitative estimate of drug-likeness (QED) is 0.856. The first kappa shape index (κ1) is 13.6. The van der Waals surface area contributed by atoms with Gasteiger partial charge in [-0.1, -0.05) is 11.6 Å². The van der Waals surface area contributed by atoms with Crippen molar-refractivity contribution in [3.8, 4) is 0 Å². The minimum atomic E-state index is -3.78. The number of sulfonamides is 1. The van der Waals surface area contributed by atoms with E-state index in [1.54, 1.807) is 0 Å². The number of benzene rings is 2. The van der Waals surface area contributed by atoms with Crippen molar-refractivity contribution >= 4 is 33.0 Å². The molecular weight excluding hydrogens is 291 g/mol. The number of anilines is 2. The molecule has 0 fully saturated rings. The molecule has 0 saturated carbocycles. The van der Waals surface area contributed by atoms with Crippen molar-refractivity contribution in [2.24, 2.45) is 0 Å². The largest absolute Gasteiger partial charge is 0.398 e. The Morgan fingerprint density at radius 1 is 1.11 bits per heavy atom. The molecular formula is C12H10ClFN2O2S. The fourth-order valence-corrected chi connectivity index (χ4v) is 2.65. The van der Waals surface area contributed by atoms with Gasteiger partial charge in [0.1, 0.15) is 5.82 Å². The van der Waals surface area contributed by atoms with E-state index in [4.69, 9.17) is 17.3 Å². The van der Waals surface area contributed by atoms with Crippen LogP contribution in [0.4, 0.5) is 15.8 Å². The van der Waals surface area contributed by atoms with E-state index in [2.05, 4.69) is 4.72 Å². The average molecular weight is 301 g/mol. The first-order valence-electron chi connectivity index (χ1n) is 5.22. The van der Waals surface area contributed by atoms with E-state index < -0.39 is 15.8 Å². The van der Waals surface area contributed by atoms with Gasteiger partial charge in [0.15, 0.2) is 0 Å². The minimum Gasteiger partial charge on any atom is -0.398 e. The third kappa shape index (κ3) is 3.15. The van der Waals surface area contributed by atoms with Crippen LogP contribution in [0, 0.1) is 5.82 Å². The fraction of sp³-hybridized carbons (Fsp3) is 0. The lowest BCUT2D eigenvalue weighted by atomic mass is 10.3. The molecule has 0 radical (unpaired) electrons. The molecule has 0 spiro atoms. The standard InChI is InChI=1S/C12H10ClFN2O2S/c13-11-7-9(3-6-12(11)15)16-19(17,18)10-4-1-8(14)2-5-10/h1-7,16H,15H2. The van der Waals surface area contributed by atoms with Crippen molar-refractivity contribution in [3.63, 3.8) is 0 Å². The second-order valence-electron chi connectivity index (χ2n) is 3.80. The van der Waals surface area contributed by atoms with Gasteiger partial charge < -0.3 is 5.73 Å². The van der Waals surface area contributed by atoms with E-state index in [9.17, 15) is 12.8 Å². The summed E-state index contributed by atoms with van der Waals surface area (Å²) in [6.07, 6.45) is 0. The Morgan fingerprint density at radius 2 is 1.74 bits per heavy atom. The van der Waals surface area contributed by atoms with Crippen molar-refractivity contribution in [1.82, 2.24) is 0 Å². The number of hydrogen-bond donors (Lipinski definition) is 2. The number of rotatable bonds is 3. The fourth-order valence-electron chi connectivity index (χ4n) is 1.42. The molecule has 0 unspecified atom stereocenters. The second kappa shape index (κ2) is 5.07. The molecule has 3 N–H and O–H groups in total. The van der Waals surface area contributed by atoms with Crippen LogP contribution in [0.5, 0.6) is 0 Å². The second-order valence-corrected chi connectivity index (χ2v) is 5.89. The van der Waals surface area contributed by atoms with Crippen LogP contribution in [0.3, 0.4) is 0 Å². The van der Waals surface area contributed by atoms with E-state index >= 15 is 0 Å². The molecule has 0 amide bonds. The summed E-state index contributed by atoms with van der Waals surface area (Å²) in [7, 11) is -3.78. The molecule has 0 bridgehead atoms. The van der Waals surface area contributed by atoms with Crippen LogP contribution in [-0.2, 0) is 10.0 Å². The van der Waals surface area contributed by atoms with Crippen LogP contribution < -0.4 is 10.5 Å². The summed E-state index contributed by atoms with van der Waals surface area (Å²) in [5.74, 6) is -0.505. The molecule has 7 heteroatoms. The van der Waals surface area contributed by atoms with Gasteiger partial charge in [0, 0.05) is 0 Å². The van der Waals surface area contributed by atoms with E-state index in [1.807, 2.05) is 0 Å². The van der Waals surface area contributed by atoms with Gasteiger partial charge in [0.25, 0.3) is 10.0 Å². The molecule has 4 nitrogen and oxygen atoms in total. The van der Waals surface area contributed by atoms with E-state index in [0.29, 0.717) is 5.69 Å². The number of nitrogen functional groups attached to an aromatic ring is 1. The molecule has 19 heavy (non-hydrogen) atoms. The molecule has 0 aromatic heterocycles. The molecule has 2 aromatic carbocycles. The highest BCUT2D eigenvalue weighted by atomic mass is 35.5. The van der Waals surface area contributed by atoms with Gasteiger partial charge in [-0.2, -0.15) is 0 Å².